The quantitative estimate of drug-likeness (QED) is 0.298. The van der Waals surface area contributed by atoms with E-state index in [1.807, 2.05) is 0 Å². The van der Waals surface area contributed by atoms with Crippen molar-refractivity contribution in [2.45, 2.75) is 0 Å². The van der Waals surface area contributed by atoms with Gasteiger partial charge in [-0.15, -0.1) is 0 Å². The third-order valence-corrected chi connectivity index (χ3v) is 5.66. The lowest BCUT2D eigenvalue weighted by Gasteiger charge is -2.15. The van der Waals surface area contributed by atoms with Crippen LogP contribution in [0.25, 0.3) is 0 Å². The van der Waals surface area contributed by atoms with E-state index in [0.29, 0.717) is 0 Å². The van der Waals surface area contributed by atoms with Gasteiger partial charge in [0.25, 0.3) is 0 Å². The minimum absolute atomic E-state index is 0.477. The standard InChI is InChI=1S/C16H18O8/c1-21-11(17)15(12(18)22-2)7-5-6-8-10(9(7)15)16(8,13(19)23-3)14(20)24-4/h5-10H,1-4H3/t7-,8-,9-,10-/m1/s1. The van der Waals surface area contributed by atoms with E-state index in [4.69, 9.17) is 18.9 Å². The number of hydrogen-bond donors (Lipinski definition) is 0. The molecule has 8 nitrogen and oxygen atoms in total. The molecule has 0 bridgehead atoms. The number of ether oxygens (including phenoxy) is 4. The molecule has 0 amide bonds. The highest BCUT2D eigenvalue weighted by Crippen LogP contribution is 2.80. The maximum absolute atomic E-state index is 12.3. The normalized spacial score (nSPS) is 32.5. The van der Waals surface area contributed by atoms with E-state index in [9.17, 15) is 19.2 Å². The molecule has 0 saturated heterocycles. The van der Waals surface area contributed by atoms with Crippen molar-refractivity contribution in [2.24, 2.45) is 34.5 Å². The van der Waals surface area contributed by atoms with Crippen LogP contribution in [0.2, 0.25) is 0 Å². The van der Waals surface area contributed by atoms with Crippen LogP contribution in [0, 0.1) is 34.5 Å². The molecule has 0 radical (unpaired) electrons. The average Bonchev–Trinajstić information content (AvgIpc) is 3.48. The van der Waals surface area contributed by atoms with Crippen LogP contribution in [0.15, 0.2) is 12.2 Å². The summed E-state index contributed by atoms with van der Waals surface area (Å²) in [6.07, 6.45) is 3.35. The van der Waals surface area contributed by atoms with Crippen LogP contribution in [0.5, 0.6) is 0 Å². The molecule has 0 aromatic carbocycles. The third-order valence-electron chi connectivity index (χ3n) is 5.66. The van der Waals surface area contributed by atoms with Gasteiger partial charge in [-0.1, -0.05) is 12.2 Å². The SMILES string of the molecule is COC(=O)C1(C(=O)OC)[C@H]2[C@H]3[C@@H](C=C[C@H]21)C3(C(=O)OC)C(=O)OC. The van der Waals surface area contributed by atoms with Gasteiger partial charge in [-0.05, 0) is 11.8 Å². The number of carbonyl (C=O) groups is 4. The summed E-state index contributed by atoms with van der Waals surface area (Å²) in [5.74, 6) is -5.01. The number of fused-ring (bicyclic) bond motifs is 3. The topological polar surface area (TPSA) is 105 Å². The molecule has 0 aromatic rings. The van der Waals surface area contributed by atoms with E-state index >= 15 is 0 Å². The lowest BCUT2D eigenvalue weighted by atomic mass is 9.95. The highest BCUT2D eigenvalue weighted by Gasteiger charge is 2.90. The lowest BCUT2D eigenvalue weighted by Crippen LogP contribution is -2.35. The molecule has 130 valence electrons. The van der Waals surface area contributed by atoms with E-state index in [1.54, 1.807) is 12.2 Å². The van der Waals surface area contributed by atoms with Gasteiger partial charge in [0.2, 0.25) is 0 Å². The van der Waals surface area contributed by atoms with Crippen LogP contribution in [-0.2, 0) is 38.1 Å². The molecule has 0 unspecified atom stereocenters. The van der Waals surface area contributed by atoms with E-state index < -0.39 is 58.4 Å². The first-order valence-corrected chi connectivity index (χ1v) is 7.42. The maximum atomic E-state index is 12.3. The summed E-state index contributed by atoms with van der Waals surface area (Å²) in [5.41, 5.74) is -3.05. The fourth-order valence-corrected chi connectivity index (χ4v) is 4.61. The molecular weight excluding hydrogens is 320 g/mol. The number of methoxy groups -OCH3 is 4. The Kier molecular flexibility index (Phi) is 3.47. The number of rotatable bonds is 4. The molecule has 0 heterocycles. The first kappa shape index (κ1) is 16.5. The van der Waals surface area contributed by atoms with Gasteiger partial charge in [-0.25, -0.2) is 0 Å². The van der Waals surface area contributed by atoms with E-state index in [-0.39, 0.29) is 0 Å². The predicted octanol–water partition coefficient (Wildman–Crippen LogP) is -0.287. The molecule has 3 aliphatic carbocycles. The van der Waals surface area contributed by atoms with Crippen molar-refractivity contribution in [3.8, 4) is 0 Å². The molecule has 0 aliphatic heterocycles. The lowest BCUT2D eigenvalue weighted by molar-refractivity contribution is -0.166. The van der Waals surface area contributed by atoms with Gasteiger partial charge in [0.15, 0.2) is 10.8 Å². The summed E-state index contributed by atoms with van der Waals surface area (Å²) in [7, 11) is 4.72. The zero-order valence-corrected chi connectivity index (χ0v) is 13.7. The summed E-state index contributed by atoms with van der Waals surface area (Å²) >= 11 is 0. The molecule has 24 heavy (non-hydrogen) atoms. The second-order valence-electron chi connectivity index (χ2n) is 6.19. The van der Waals surface area contributed by atoms with E-state index in [1.165, 1.54) is 28.4 Å². The fraction of sp³-hybridized carbons (Fsp3) is 0.625. The van der Waals surface area contributed by atoms with Gasteiger partial charge in [0.05, 0.1) is 28.4 Å². The number of hydrogen-bond acceptors (Lipinski definition) is 8. The van der Waals surface area contributed by atoms with E-state index in [2.05, 4.69) is 0 Å². The Morgan fingerprint density at radius 3 is 1.08 bits per heavy atom. The zero-order chi connectivity index (χ0) is 17.9. The molecular formula is C16H18O8. The van der Waals surface area contributed by atoms with Gasteiger partial charge >= 0.3 is 23.9 Å². The van der Waals surface area contributed by atoms with Crippen LogP contribution in [0.1, 0.15) is 0 Å². The van der Waals surface area contributed by atoms with Crippen LogP contribution in [-0.4, -0.2) is 52.3 Å². The fourth-order valence-electron chi connectivity index (χ4n) is 4.61. The van der Waals surface area contributed by atoms with Crippen molar-refractivity contribution >= 4 is 23.9 Å². The van der Waals surface area contributed by atoms with Gasteiger partial charge < -0.3 is 18.9 Å². The Hall–Kier alpha value is -2.38. The Bertz CT molecular complexity index is 575. The van der Waals surface area contributed by atoms with Crippen molar-refractivity contribution in [3.63, 3.8) is 0 Å². The molecule has 0 aromatic heterocycles. The van der Waals surface area contributed by atoms with Crippen molar-refractivity contribution in [2.75, 3.05) is 28.4 Å². The molecule has 3 rings (SSSR count). The van der Waals surface area contributed by atoms with Crippen molar-refractivity contribution < 1.29 is 38.1 Å². The van der Waals surface area contributed by atoms with Gasteiger partial charge in [0.1, 0.15) is 0 Å². The van der Waals surface area contributed by atoms with Crippen molar-refractivity contribution in [1.82, 2.24) is 0 Å². The predicted molar refractivity (Wildman–Crippen MR) is 76.0 cm³/mol. The smallest absolute Gasteiger partial charge is 0.324 e. The third kappa shape index (κ3) is 1.53. The molecule has 2 fully saturated rings. The first-order chi connectivity index (χ1) is 11.4. The molecule has 2 saturated carbocycles. The zero-order valence-electron chi connectivity index (χ0n) is 13.7. The second kappa shape index (κ2) is 5.06. The van der Waals surface area contributed by atoms with Gasteiger partial charge in [0, 0.05) is 11.8 Å². The Morgan fingerprint density at radius 1 is 0.625 bits per heavy atom. The Labute approximate surface area is 138 Å². The average molecular weight is 338 g/mol. The largest absolute Gasteiger partial charge is 0.468 e. The summed E-state index contributed by atoms with van der Waals surface area (Å²) in [5, 5.41) is 0. The van der Waals surface area contributed by atoms with E-state index in [0.717, 1.165) is 0 Å². The molecule has 4 atom stereocenters. The molecule has 3 aliphatic rings. The highest BCUT2D eigenvalue weighted by atomic mass is 16.6. The Morgan fingerprint density at radius 2 is 0.875 bits per heavy atom. The van der Waals surface area contributed by atoms with Crippen molar-refractivity contribution in [3.05, 3.63) is 12.2 Å². The maximum Gasteiger partial charge on any atom is 0.324 e. The summed E-state index contributed by atoms with van der Waals surface area (Å²) < 4.78 is 19.2. The highest BCUT2D eigenvalue weighted by molar-refractivity contribution is 6.09. The summed E-state index contributed by atoms with van der Waals surface area (Å²) in [4.78, 5) is 49.3. The summed E-state index contributed by atoms with van der Waals surface area (Å²) in [6, 6.07) is 0. The van der Waals surface area contributed by atoms with Crippen LogP contribution < -0.4 is 0 Å². The minimum atomic E-state index is -1.52. The molecule has 0 N–H and O–H groups in total. The number of esters is 4. The van der Waals surface area contributed by atoms with Crippen LogP contribution >= 0.6 is 0 Å². The number of allylic oxidation sites excluding steroid dienone is 2. The Balaban J connectivity index is 2.05. The minimum Gasteiger partial charge on any atom is -0.468 e. The van der Waals surface area contributed by atoms with Crippen LogP contribution in [0.3, 0.4) is 0 Å². The molecule has 0 spiro atoms. The second-order valence-corrected chi connectivity index (χ2v) is 6.19. The summed E-state index contributed by atoms with van der Waals surface area (Å²) in [6.45, 7) is 0. The van der Waals surface area contributed by atoms with Gasteiger partial charge in [-0.3, -0.25) is 19.2 Å². The monoisotopic (exact) mass is 338 g/mol. The number of carbonyl (C=O) groups excluding carboxylic acids is 4. The molecule has 8 heteroatoms. The van der Waals surface area contributed by atoms with Gasteiger partial charge in [-0.2, -0.15) is 0 Å². The first-order valence-electron chi connectivity index (χ1n) is 7.42. The van der Waals surface area contributed by atoms with Crippen molar-refractivity contribution in [1.29, 1.82) is 0 Å². The van der Waals surface area contributed by atoms with Crippen LogP contribution in [0.4, 0.5) is 0 Å².